The molecule has 0 atom stereocenters. The Kier molecular flexibility index (Phi) is 7.49. The summed E-state index contributed by atoms with van der Waals surface area (Å²) in [5.74, 6) is 2.03. The van der Waals surface area contributed by atoms with E-state index in [1.54, 1.807) is 20.0 Å². The summed E-state index contributed by atoms with van der Waals surface area (Å²) in [4.78, 5) is 10.9. The summed E-state index contributed by atoms with van der Waals surface area (Å²) in [5.41, 5.74) is 0.968. The van der Waals surface area contributed by atoms with Gasteiger partial charge in [0.2, 0.25) is 5.89 Å². The van der Waals surface area contributed by atoms with Crippen molar-refractivity contribution in [3.63, 3.8) is 0 Å². The van der Waals surface area contributed by atoms with E-state index in [1.807, 2.05) is 42.2 Å². The molecule has 0 radical (unpaired) electrons. The number of rotatable bonds is 4. The SMILES string of the molecule is CCNC(=NCc1ncc(-c2ccccc2)o1)N1CCS(=O)(=O)C(C)(C)C1.I. The lowest BCUT2D eigenvalue weighted by Gasteiger charge is -2.39. The summed E-state index contributed by atoms with van der Waals surface area (Å²) in [5, 5.41) is 3.24. The van der Waals surface area contributed by atoms with E-state index in [0.29, 0.717) is 43.8 Å². The Labute approximate surface area is 183 Å². The molecule has 9 heteroatoms. The number of guanidine groups is 1. The minimum Gasteiger partial charge on any atom is -0.439 e. The highest BCUT2D eigenvalue weighted by Gasteiger charge is 2.40. The number of hydrogen-bond acceptors (Lipinski definition) is 5. The second-order valence-corrected chi connectivity index (χ2v) is 9.90. The molecule has 1 aromatic heterocycles. The molecule has 0 amide bonds. The number of aliphatic imine (C=N–C) groups is 1. The lowest BCUT2D eigenvalue weighted by Crippen LogP contribution is -2.57. The highest BCUT2D eigenvalue weighted by atomic mass is 127. The molecule has 1 aliphatic rings. The summed E-state index contributed by atoms with van der Waals surface area (Å²) in [6.45, 7) is 7.33. The molecule has 2 aromatic rings. The molecule has 1 fully saturated rings. The first-order valence-corrected chi connectivity index (χ1v) is 10.7. The highest BCUT2D eigenvalue weighted by Crippen LogP contribution is 2.24. The van der Waals surface area contributed by atoms with Crippen LogP contribution in [0.3, 0.4) is 0 Å². The van der Waals surface area contributed by atoms with Gasteiger partial charge < -0.3 is 14.6 Å². The first kappa shape index (κ1) is 22.7. The van der Waals surface area contributed by atoms with Gasteiger partial charge >= 0.3 is 0 Å². The molecule has 0 spiro atoms. The normalized spacial score (nSPS) is 18.4. The van der Waals surface area contributed by atoms with Gasteiger partial charge in [-0.3, -0.25) is 0 Å². The van der Waals surface area contributed by atoms with Gasteiger partial charge in [-0.25, -0.2) is 18.4 Å². The zero-order chi connectivity index (χ0) is 19.5. The van der Waals surface area contributed by atoms with Crippen molar-refractivity contribution in [3.8, 4) is 11.3 Å². The van der Waals surface area contributed by atoms with Crippen LogP contribution >= 0.6 is 24.0 Å². The van der Waals surface area contributed by atoms with E-state index in [9.17, 15) is 8.42 Å². The Hall–Kier alpha value is -1.62. The molecule has 1 N–H and O–H groups in total. The standard InChI is InChI=1S/C19H26N4O3S.HI/c1-4-20-18(23-10-11-27(24,25)19(2,3)14-23)22-13-17-21-12-16(26-17)15-8-6-5-7-9-15;/h5-9,12H,4,10-11,13-14H2,1-3H3,(H,20,22);1H. The Morgan fingerprint density at radius 2 is 2.04 bits per heavy atom. The van der Waals surface area contributed by atoms with Gasteiger partial charge in [-0.15, -0.1) is 24.0 Å². The number of nitrogens with one attached hydrogen (secondary N) is 1. The quantitative estimate of drug-likeness (QED) is 0.381. The fourth-order valence-electron chi connectivity index (χ4n) is 3.01. The number of sulfone groups is 1. The minimum atomic E-state index is -3.09. The maximum atomic E-state index is 12.2. The van der Waals surface area contributed by atoms with Crippen LogP contribution in [0, 0.1) is 0 Å². The van der Waals surface area contributed by atoms with Crippen LogP contribution in [0.5, 0.6) is 0 Å². The van der Waals surface area contributed by atoms with Gasteiger partial charge in [0.05, 0.1) is 16.7 Å². The van der Waals surface area contributed by atoms with Crippen molar-refractivity contribution >= 4 is 39.8 Å². The molecule has 3 rings (SSSR count). The van der Waals surface area contributed by atoms with E-state index < -0.39 is 14.6 Å². The molecule has 1 saturated heterocycles. The van der Waals surface area contributed by atoms with E-state index in [2.05, 4.69) is 15.3 Å². The summed E-state index contributed by atoms with van der Waals surface area (Å²) >= 11 is 0. The average Bonchev–Trinajstić information content (AvgIpc) is 3.11. The molecule has 0 aliphatic carbocycles. The van der Waals surface area contributed by atoms with Crippen molar-refractivity contribution in [2.75, 3.05) is 25.4 Å². The molecule has 1 aliphatic heterocycles. The third kappa shape index (κ3) is 5.05. The molecule has 7 nitrogen and oxygen atoms in total. The molecular formula is C19H27IN4O3S. The van der Waals surface area contributed by atoms with Gasteiger partial charge in [-0.1, -0.05) is 30.3 Å². The van der Waals surface area contributed by atoms with Crippen LogP contribution in [-0.4, -0.2) is 54.4 Å². The lowest BCUT2D eigenvalue weighted by atomic mass is 10.2. The van der Waals surface area contributed by atoms with Gasteiger partial charge in [-0.2, -0.15) is 0 Å². The van der Waals surface area contributed by atoms with Gasteiger partial charge in [0.25, 0.3) is 0 Å². The molecule has 1 aromatic carbocycles. The number of aromatic nitrogens is 1. The van der Waals surface area contributed by atoms with Crippen molar-refractivity contribution in [1.82, 2.24) is 15.2 Å². The van der Waals surface area contributed by atoms with Crippen molar-refractivity contribution < 1.29 is 12.8 Å². The second kappa shape index (κ2) is 9.25. The van der Waals surface area contributed by atoms with Crippen molar-refractivity contribution in [2.45, 2.75) is 32.1 Å². The van der Waals surface area contributed by atoms with Crippen LogP contribution in [0.2, 0.25) is 0 Å². The van der Waals surface area contributed by atoms with E-state index in [4.69, 9.17) is 4.42 Å². The van der Waals surface area contributed by atoms with E-state index in [-0.39, 0.29) is 29.7 Å². The topological polar surface area (TPSA) is 87.8 Å². The molecule has 0 unspecified atom stereocenters. The number of halogens is 1. The predicted molar refractivity (Wildman–Crippen MR) is 122 cm³/mol. The van der Waals surface area contributed by atoms with Crippen molar-refractivity contribution in [3.05, 3.63) is 42.4 Å². The van der Waals surface area contributed by atoms with Gasteiger partial charge in [0.1, 0.15) is 6.54 Å². The average molecular weight is 518 g/mol. The van der Waals surface area contributed by atoms with Gasteiger partial charge in [0.15, 0.2) is 21.6 Å². The maximum absolute atomic E-state index is 12.2. The van der Waals surface area contributed by atoms with Crippen LogP contribution in [0.4, 0.5) is 0 Å². The minimum absolute atomic E-state index is 0. The number of benzene rings is 1. The van der Waals surface area contributed by atoms with Crippen LogP contribution < -0.4 is 5.32 Å². The van der Waals surface area contributed by atoms with Crippen LogP contribution in [0.1, 0.15) is 26.7 Å². The maximum Gasteiger partial charge on any atom is 0.216 e. The largest absolute Gasteiger partial charge is 0.439 e. The molecule has 154 valence electrons. The summed E-state index contributed by atoms with van der Waals surface area (Å²) in [6, 6.07) is 9.78. The Morgan fingerprint density at radius 3 is 2.68 bits per heavy atom. The monoisotopic (exact) mass is 518 g/mol. The predicted octanol–water partition coefficient (Wildman–Crippen LogP) is 2.93. The summed E-state index contributed by atoms with van der Waals surface area (Å²) in [6.07, 6.45) is 1.70. The molecular weight excluding hydrogens is 491 g/mol. The molecule has 2 heterocycles. The van der Waals surface area contributed by atoms with Gasteiger partial charge in [0, 0.05) is 25.2 Å². The molecule has 28 heavy (non-hydrogen) atoms. The van der Waals surface area contributed by atoms with Crippen LogP contribution in [0.15, 0.2) is 45.9 Å². The van der Waals surface area contributed by atoms with Crippen LogP contribution in [-0.2, 0) is 16.4 Å². The lowest BCUT2D eigenvalue weighted by molar-refractivity contribution is 0.352. The Bertz CT molecular complexity index is 910. The smallest absolute Gasteiger partial charge is 0.216 e. The third-order valence-electron chi connectivity index (χ3n) is 4.65. The first-order chi connectivity index (χ1) is 12.8. The van der Waals surface area contributed by atoms with Gasteiger partial charge in [-0.05, 0) is 20.8 Å². The summed E-state index contributed by atoms with van der Waals surface area (Å²) in [7, 11) is -3.09. The Morgan fingerprint density at radius 1 is 1.32 bits per heavy atom. The zero-order valence-corrected chi connectivity index (χ0v) is 19.5. The summed E-state index contributed by atoms with van der Waals surface area (Å²) < 4.78 is 29.5. The fourth-order valence-corrected chi connectivity index (χ4v) is 4.38. The van der Waals surface area contributed by atoms with E-state index in [1.165, 1.54) is 0 Å². The first-order valence-electron chi connectivity index (χ1n) is 9.08. The van der Waals surface area contributed by atoms with E-state index in [0.717, 1.165) is 5.56 Å². The number of nitrogens with zero attached hydrogens (tertiary/aromatic N) is 3. The second-order valence-electron chi connectivity index (χ2n) is 7.15. The van der Waals surface area contributed by atoms with Crippen LogP contribution in [0.25, 0.3) is 11.3 Å². The molecule has 0 bridgehead atoms. The number of hydrogen-bond donors (Lipinski definition) is 1. The third-order valence-corrected chi connectivity index (χ3v) is 7.19. The fraction of sp³-hybridized carbons (Fsp3) is 0.474. The Balaban J connectivity index is 0.00000280. The molecule has 0 saturated carbocycles. The highest BCUT2D eigenvalue weighted by molar-refractivity contribution is 14.0. The zero-order valence-electron chi connectivity index (χ0n) is 16.4. The van der Waals surface area contributed by atoms with E-state index >= 15 is 0 Å². The van der Waals surface area contributed by atoms with Crippen molar-refractivity contribution in [2.24, 2.45) is 4.99 Å². The number of oxazole rings is 1. The van der Waals surface area contributed by atoms with Crippen molar-refractivity contribution in [1.29, 1.82) is 0 Å².